The first-order chi connectivity index (χ1) is 13.6. The van der Waals surface area contributed by atoms with Crippen molar-refractivity contribution in [2.75, 3.05) is 36.4 Å². The van der Waals surface area contributed by atoms with Gasteiger partial charge in [0.25, 0.3) is 0 Å². The maximum absolute atomic E-state index is 12.5. The van der Waals surface area contributed by atoms with Crippen molar-refractivity contribution in [3.63, 3.8) is 0 Å². The third-order valence-electron chi connectivity index (χ3n) is 4.70. The van der Waals surface area contributed by atoms with Crippen LogP contribution in [0.2, 0.25) is 5.02 Å². The molecule has 1 aliphatic heterocycles. The van der Waals surface area contributed by atoms with E-state index in [0.717, 1.165) is 23.1 Å². The Balaban J connectivity index is 1.38. The lowest BCUT2D eigenvalue weighted by molar-refractivity contribution is 0.208. The number of halogens is 1. The predicted molar refractivity (Wildman–Crippen MR) is 108 cm³/mol. The number of piperazine rings is 1. The number of carbonyl (C=O) groups excluding carboxylic acids is 1. The van der Waals surface area contributed by atoms with E-state index < -0.39 is 0 Å². The second kappa shape index (κ2) is 7.85. The van der Waals surface area contributed by atoms with Gasteiger partial charge < -0.3 is 15.1 Å². The number of nitrogens with zero attached hydrogens (tertiary/aromatic N) is 6. The molecule has 4 rings (SSSR count). The number of imidazole rings is 1. The number of rotatable bonds is 3. The Bertz CT molecular complexity index is 964. The summed E-state index contributed by atoms with van der Waals surface area (Å²) in [4.78, 5) is 29.4. The lowest BCUT2D eigenvalue weighted by Gasteiger charge is -2.35. The molecule has 2 amide bonds. The van der Waals surface area contributed by atoms with Gasteiger partial charge in [-0.25, -0.2) is 19.7 Å². The van der Waals surface area contributed by atoms with E-state index >= 15 is 0 Å². The van der Waals surface area contributed by atoms with Crippen molar-refractivity contribution in [3.05, 3.63) is 59.9 Å². The first kappa shape index (κ1) is 18.2. The summed E-state index contributed by atoms with van der Waals surface area (Å²) in [6, 6.07) is 8.92. The Labute approximate surface area is 167 Å². The highest BCUT2D eigenvalue weighted by molar-refractivity contribution is 6.30. The lowest BCUT2D eigenvalue weighted by Crippen LogP contribution is -2.50. The standard InChI is InChI=1S/C19H20ClN7O/c1-14-21-6-7-27(14)18-12-17(22-13-23-18)25-8-10-26(11-9-25)19(28)24-16-4-2-15(20)3-5-16/h2-7,12-13H,8-11H2,1H3,(H,24,28). The summed E-state index contributed by atoms with van der Waals surface area (Å²) in [5, 5.41) is 3.54. The summed E-state index contributed by atoms with van der Waals surface area (Å²) in [6.07, 6.45) is 5.18. The zero-order chi connectivity index (χ0) is 19.5. The first-order valence-electron chi connectivity index (χ1n) is 8.99. The summed E-state index contributed by atoms with van der Waals surface area (Å²) in [5.41, 5.74) is 0.730. The number of carbonyl (C=O) groups is 1. The third kappa shape index (κ3) is 3.91. The van der Waals surface area contributed by atoms with Crippen LogP contribution in [0.4, 0.5) is 16.3 Å². The fourth-order valence-corrected chi connectivity index (χ4v) is 3.26. The van der Waals surface area contributed by atoms with Crippen LogP contribution in [0.1, 0.15) is 5.82 Å². The average molecular weight is 398 g/mol. The predicted octanol–water partition coefficient (Wildman–Crippen LogP) is 2.98. The highest BCUT2D eigenvalue weighted by Crippen LogP contribution is 2.18. The molecule has 2 aromatic heterocycles. The molecule has 28 heavy (non-hydrogen) atoms. The van der Waals surface area contributed by atoms with Gasteiger partial charge in [-0.2, -0.15) is 0 Å². The van der Waals surface area contributed by atoms with Crippen molar-refractivity contribution in [2.24, 2.45) is 0 Å². The van der Waals surface area contributed by atoms with E-state index in [1.807, 2.05) is 23.8 Å². The molecule has 3 heterocycles. The number of aromatic nitrogens is 4. The van der Waals surface area contributed by atoms with Gasteiger partial charge in [-0.15, -0.1) is 0 Å². The molecule has 0 unspecified atom stereocenters. The van der Waals surface area contributed by atoms with Gasteiger partial charge in [-0.1, -0.05) is 11.6 Å². The first-order valence-corrected chi connectivity index (χ1v) is 9.37. The fourth-order valence-electron chi connectivity index (χ4n) is 3.14. The van der Waals surface area contributed by atoms with Crippen molar-refractivity contribution in [3.8, 4) is 5.82 Å². The number of hydrogen-bond acceptors (Lipinski definition) is 5. The van der Waals surface area contributed by atoms with Crippen molar-refractivity contribution < 1.29 is 4.79 Å². The largest absolute Gasteiger partial charge is 0.353 e. The number of benzene rings is 1. The Morgan fingerprint density at radius 3 is 2.43 bits per heavy atom. The molecule has 0 radical (unpaired) electrons. The molecule has 1 aromatic carbocycles. The van der Waals surface area contributed by atoms with Gasteiger partial charge in [0.1, 0.15) is 23.8 Å². The number of nitrogens with one attached hydrogen (secondary N) is 1. The van der Waals surface area contributed by atoms with Gasteiger partial charge in [0.05, 0.1) is 0 Å². The molecule has 144 valence electrons. The molecule has 1 saturated heterocycles. The van der Waals surface area contributed by atoms with Gasteiger partial charge in [-0.05, 0) is 31.2 Å². The van der Waals surface area contributed by atoms with Gasteiger partial charge in [0.15, 0.2) is 0 Å². The second-order valence-corrected chi connectivity index (χ2v) is 6.93. The number of anilines is 2. The van der Waals surface area contributed by atoms with Gasteiger partial charge in [0.2, 0.25) is 0 Å². The molecule has 0 saturated carbocycles. The smallest absolute Gasteiger partial charge is 0.321 e. The van der Waals surface area contributed by atoms with E-state index in [2.05, 4.69) is 25.2 Å². The van der Waals surface area contributed by atoms with Crippen LogP contribution in [0.15, 0.2) is 49.1 Å². The molecule has 1 N–H and O–H groups in total. The normalized spacial score (nSPS) is 14.2. The van der Waals surface area contributed by atoms with Crippen LogP contribution in [0.25, 0.3) is 5.82 Å². The molecule has 0 atom stereocenters. The average Bonchev–Trinajstić information content (AvgIpc) is 3.16. The fraction of sp³-hybridized carbons (Fsp3) is 0.263. The molecule has 1 aliphatic rings. The van der Waals surface area contributed by atoms with Crippen molar-refractivity contribution in [1.29, 1.82) is 0 Å². The minimum absolute atomic E-state index is 0.112. The highest BCUT2D eigenvalue weighted by Gasteiger charge is 2.22. The molecule has 3 aromatic rings. The van der Waals surface area contributed by atoms with Crippen LogP contribution in [0.5, 0.6) is 0 Å². The molecule has 0 aliphatic carbocycles. The topological polar surface area (TPSA) is 79.2 Å². The van der Waals surface area contributed by atoms with Crippen LogP contribution in [-0.2, 0) is 0 Å². The molecular weight excluding hydrogens is 378 g/mol. The van der Waals surface area contributed by atoms with Gasteiger partial charge >= 0.3 is 6.03 Å². The summed E-state index contributed by atoms with van der Waals surface area (Å²) in [7, 11) is 0. The maximum Gasteiger partial charge on any atom is 0.321 e. The molecular formula is C19H20ClN7O. The van der Waals surface area contributed by atoms with Crippen LogP contribution in [0, 0.1) is 6.92 Å². The molecule has 1 fully saturated rings. The summed E-state index contributed by atoms with van der Waals surface area (Å²) in [6.45, 7) is 4.56. The molecule has 0 bridgehead atoms. The maximum atomic E-state index is 12.5. The number of aryl methyl sites for hydroxylation is 1. The van der Waals surface area contributed by atoms with Crippen LogP contribution in [0.3, 0.4) is 0 Å². The zero-order valence-corrected chi connectivity index (χ0v) is 16.2. The Morgan fingerprint density at radius 2 is 1.75 bits per heavy atom. The van der Waals surface area contributed by atoms with Crippen molar-refractivity contribution in [1.82, 2.24) is 24.4 Å². The highest BCUT2D eigenvalue weighted by atomic mass is 35.5. The monoisotopic (exact) mass is 397 g/mol. The number of urea groups is 1. The number of amides is 2. The van der Waals surface area contributed by atoms with E-state index in [4.69, 9.17) is 11.6 Å². The minimum Gasteiger partial charge on any atom is -0.353 e. The summed E-state index contributed by atoms with van der Waals surface area (Å²) < 4.78 is 1.92. The molecule has 8 nitrogen and oxygen atoms in total. The van der Waals surface area contributed by atoms with Gasteiger partial charge in [-0.3, -0.25) is 4.57 Å². The minimum atomic E-state index is -0.112. The third-order valence-corrected chi connectivity index (χ3v) is 4.95. The van der Waals surface area contributed by atoms with E-state index in [-0.39, 0.29) is 6.03 Å². The van der Waals surface area contributed by atoms with Crippen molar-refractivity contribution in [2.45, 2.75) is 6.92 Å². The quantitative estimate of drug-likeness (QED) is 0.735. The second-order valence-electron chi connectivity index (χ2n) is 6.49. The number of hydrogen-bond donors (Lipinski definition) is 1. The van der Waals surface area contributed by atoms with Crippen LogP contribution in [-0.4, -0.2) is 56.6 Å². The Hall–Kier alpha value is -3.13. The van der Waals surface area contributed by atoms with E-state index in [1.54, 1.807) is 41.7 Å². The van der Waals surface area contributed by atoms with E-state index in [9.17, 15) is 4.79 Å². The Morgan fingerprint density at radius 1 is 1.04 bits per heavy atom. The Kier molecular flexibility index (Phi) is 5.12. The summed E-state index contributed by atoms with van der Waals surface area (Å²) in [5.74, 6) is 2.49. The van der Waals surface area contributed by atoms with Crippen LogP contribution >= 0.6 is 11.6 Å². The van der Waals surface area contributed by atoms with Gasteiger partial charge in [0, 0.05) is 55.3 Å². The SMILES string of the molecule is Cc1nccn1-c1cc(N2CCN(C(=O)Nc3ccc(Cl)cc3)CC2)ncn1. The molecule has 0 spiro atoms. The van der Waals surface area contributed by atoms with Crippen LogP contribution < -0.4 is 10.2 Å². The van der Waals surface area contributed by atoms with Crippen molar-refractivity contribution >= 4 is 29.1 Å². The van der Waals surface area contributed by atoms with E-state index in [1.165, 1.54) is 0 Å². The molecule has 9 heteroatoms. The lowest BCUT2D eigenvalue weighted by atomic mass is 10.3. The van der Waals surface area contributed by atoms with E-state index in [0.29, 0.717) is 31.2 Å². The summed E-state index contributed by atoms with van der Waals surface area (Å²) >= 11 is 5.88. The zero-order valence-electron chi connectivity index (χ0n) is 15.4.